The van der Waals surface area contributed by atoms with Gasteiger partial charge in [-0.2, -0.15) is 10.2 Å². The largest absolute Gasteiger partial charge is 0.339 e. The number of aryl methyl sites for hydroxylation is 2. The highest BCUT2D eigenvalue weighted by atomic mass is 16.5. The van der Waals surface area contributed by atoms with Crippen LogP contribution in [0.4, 0.5) is 11.4 Å². The number of ketones is 1. The third kappa shape index (κ3) is 3.33. The van der Waals surface area contributed by atoms with E-state index in [2.05, 4.69) is 16.2 Å². The average molecular weight is 399 g/mol. The van der Waals surface area contributed by atoms with Crippen LogP contribution >= 0.6 is 0 Å². The molecule has 0 saturated carbocycles. The number of rotatable bonds is 5. The molecule has 0 saturated heterocycles. The second-order valence-corrected chi connectivity index (χ2v) is 7.17. The average Bonchev–Trinajstić information content (AvgIpc) is 3.32. The van der Waals surface area contributed by atoms with Gasteiger partial charge in [0.2, 0.25) is 11.7 Å². The van der Waals surface area contributed by atoms with Crippen molar-refractivity contribution in [3.8, 4) is 17.5 Å². The van der Waals surface area contributed by atoms with Crippen LogP contribution in [0.1, 0.15) is 17.9 Å². The summed E-state index contributed by atoms with van der Waals surface area (Å²) >= 11 is 0. The molecule has 30 heavy (non-hydrogen) atoms. The molecule has 0 fully saturated rings. The topological polar surface area (TPSA) is 86.3 Å². The van der Waals surface area contributed by atoms with E-state index in [-0.39, 0.29) is 24.2 Å². The van der Waals surface area contributed by atoms with Crippen molar-refractivity contribution in [2.45, 2.75) is 19.8 Å². The molecule has 0 N–H and O–H groups in total. The summed E-state index contributed by atoms with van der Waals surface area (Å²) in [6, 6.07) is 17.7. The zero-order valence-corrected chi connectivity index (χ0v) is 17.1. The smallest absolute Gasteiger partial charge is 0.227 e. The van der Waals surface area contributed by atoms with Crippen LogP contribution in [0.2, 0.25) is 0 Å². The Morgan fingerprint density at radius 1 is 1.07 bits per heavy atom. The number of para-hydroxylation sites is 2. The Labute approximate surface area is 174 Å². The van der Waals surface area contributed by atoms with Gasteiger partial charge in [-0.15, -0.1) is 0 Å². The van der Waals surface area contributed by atoms with Gasteiger partial charge in [-0.05, 0) is 24.6 Å². The molecule has 2 heterocycles. The van der Waals surface area contributed by atoms with Gasteiger partial charge in [-0.1, -0.05) is 41.6 Å². The summed E-state index contributed by atoms with van der Waals surface area (Å²) in [6.45, 7) is 1.98. The molecule has 7 heteroatoms. The molecular weight excluding hydrogens is 378 g/mol. The predicted octanol–water partition coefficient (Wildman–Crippen LogP) is 3.87. The van der Waals surface area contributed by atoms with Crippen LogP contribution in [0, 0.1) is 18.3 Å². The van der Waals surface area contributed by atoms with Gasteiger partial charge in [-0.25, -0.2) is 0 Å². The number of carbonyl (C=O) groups is 1. The normalized spacial score (nSPS) is 12.7. The van der Waals surface area contributed by atoms with E-state index in [9.17, 15) is 10.1 Å². The van der Waals surface area contributed by atoms with Crippen molar-refractivity contribution in [2.75, 3.05) is 23.9 Å². The lowest BCUT2D eigenvalue weighted by atomic mass is 10.1. The standard InChI is InChI=1S/C23H21N5O2/c1-15-8-4-5-9-16(15)22-25-21(30-26-22)13-12-20(29)17(14-24)23-27(2)18-10-6-7-11-19(18)28(23)3/h4-11H,12-13H2,1-3H3. The monoisotopic (exact) mass is 399 g/mol. The molecule has 3 aromatic rings. The first-order chi connectivity index (χ1) is 14.5. The first-order valence-electron chi connectivity index (χ1n) is 9.64. The summed E-state index contributed by atoms with van der Waals surface area (Å²) in [7, 11) is 3.71. The zero-order chi connectivity index (χ0) is 21.3. The molecule has 0 spiro atoms. The number of hydrogen-bond donors (Lipinski definition) is 0. The van der Waals surface area contributed by atoms with Crippen molar-refractivity contribution in [2.24, 2.45) is 0 Å². The molecule has 4 rings (SSSR count). The highest BCUT2D eigenvalue weighted by Crippen LogP contribution is 2.40. The second-order valence-electron chi connectivity index (χ2n) is 7.17. The lowest BCUT2D eigenvalue weighted by molar-refractivity contribution is -0.115. The van der Waals surface area contributed by atoms with Crippen molar-refractivity contribution in [3.63, 3.8) is 0 Å². The molecule has 0 aliphatic carbocycles. The molecular formula is C23H21N5O2. The molecule has 0 bridgehead atoms. The van der Waals surface area contributed by atoms with Gasteiger partial charge in [0.05, 0.1) is 11.4 Å². The third-order valence-corrected chi connectivity index (χ3v) is 5.27. The fourth-order valence-electron chi connectivity index (χ4n) is 3.69. The quantitative estimate of drug-likeness (QED) is 0.475. The van der Waals surface area contributed by atoms with E-state index in [1.165, 1.54) is 0 Å². The molecule has 0 atom stereocenters. The maximum Gasteiger partial charge on any atom is 0.227 e. The maximum atomic E-state index is 12.9. The molecule has 1 aliphatic rings. The van der Waals surface area contributed by atoms with E-state index in [0.717, 1.165) is 22.5 Å². The fraction of sp³-hybridized carbons (Fsp3) is 0.217. The number of anilines is 2. The molecule has 7 nitrogen and oxygen atoms in total. The van der Waals surface area contributed by atoms with Crippen LogP contribution in [0.3, 0.4) is 0 Å². The first kappa shape index (κ1) is 19.4. The van der Waals surface area contributed by atoms with Gasteiger partial charge in [-0.3, -0.25) is 4.79 Å². The molecule has 0 amide bonds. The van der Waals surface area contributed by atoms with Crippen LogP contribution < -0.4 is 9.80 Å². The second kappa shape index (κ2) is 7.84. The number of fused-ring (bicyclic) bond motifs is 1. The number of hydrogen-bond acceptors (Lipinski definition) is 7. The van der Waals surface area contributed by atoms with Crippen molar-refractivity contribution < 1.29 is 9.32 Å². The Bertz CT molecular complexity index is 1160. The van der Waals surface area contributed by atoms with Crippen LogP contribution in [0.25, 0.3) is 11.4 Å². The minimum atomic E-state index is -0.255. The van der Waals surface area contributed by atoms with Gasteiger partial charge >= 0.3 is 0 Å². The van der Waals surface area contributed by atoms with Gasteiger partial charge in [0.25, 0.3) is 0 Å². The van der Waals surface area contributed by atoms with Gasteiger partial charge in [0.15, 0.2) is 5.78 Å². The van der Waals surface area contributed by atoms with Crippen molar-refractivity contribution in [3.05, 3.63) is 71.4 Å². The SMILES string of the molecule is Cc1ccccc1-c1noc(CCC(=O)C(C#N)=C2N(C)c3ccccc3N2C)n1. The van der Waals surface area contributed by atoms with Crippen LogP contribution in [0.5, 0.6) is 0 Å². The molecule has 150 valence electrons. The summed E-state index contributed by atoms with van der Waals surface area (Å²) in [5.41, 5.74) is 3.97. The fourth-order valence-corrected chi connectivity index (χ4v) is 3.69. The minimum absolute atomic E-state index is 0.111. The van der Waals surface area contributed by atoms with E-state index in [0.29, 0.717) is 17.5 Å². The summed E-state index contributed by atoms with van der Waals surface area (Å²) in [6.07, 6.45) is 0.385. The van der Waals surface area contributed by atoms with Gasteiger partial charge in [0.1, 0.15) is 17.5 Å². The molecule has 1 aromatic heterocycles. The predicted molar refractivity (Wildman–Crippen MR) is 114 cm³/mol. The van der Waals surface area contributed by atoms with Crippen molar-refractivity contribution in [1.82, 2.24) is 10.1 Å². The zero-order valence-electron chi connectivity index (χ0n) is 17.1. The van der Waals surface area contributed by atoms with Crippen LogP contribution in [-0.2, 0) is 11.2 Å². The summed E-state index contributed by atoms with van der Waals surface area (Å²) in [4.78, 5) is 21.0. The highest BCUT2D eigenvalue weighted by Gasteiger charge is 2.31. The van der Waals surface area contributed by atoms with Crippen molar-refractivity contribution >= 4 is 17.2 Å². The number of nitrogens with zero attached hydrogens (tertiary/aromatic N) is 5. The number of nitriles is 1. The Hall–Kier alpha value is -3.92. The molecule has 2 aromatic carbocycles. The van der Waals surface area contributed by atoms with Crippen LogP contribution in [-0.4, -0.2) is 30.0 Å². The number of allylic oxidation sites excluding steroid dienone is 1. The summed E-state index contributed by atoms with van der Waals surface area (Å²) < 4.78 is 5.32. The molecule has 0 unspecified atom stereocenters. The van der Waals surface area contributed by atoms with E-state index in [1.54, 1.807) is 0 Å². The number of carbonyl (C=O) groups excluding carboxylic acids is 1. The van der Waals surface area contributed by atoms with E-state index in [1.807, 2.05) is 79.3 Å². The first-order valence-corrected chi connectivity index (χ1v) is 9.64. The highest BCUT2D eigenvalue weighted by molar-refractivity contribution is 6.02. The third-order valence-electron chi connectivity index (χ3n) is 5.27. The van der Waals surface area contributed by atoms with Crippen LogP contribution in [0.15, 0.2) is 64.4 Å². The van der Waals surface area contributed by atoms with E-state index in [4.69, 9.17) is 4.52 Å². The van der Waals surface area contributed by atoms with Gasteiger partial charge in [0, 0.05) is 32.5 Å². The Balaban J connectivity index is 1.53. The lowest BCUT2D eigenvalue weighted by Crippen LogP contribution is -2.26. The Morgan fingerprint density at radius 2 is 1.70 bits per heavy atom. The minimum Gasteiger partial charge on any atom is -0.339 e. The number of Topliss-reactive ketones (excluding diaryl/α,β-unsaturated/α-hetero) is 1. The maximum absolute atomic E-state index is 12.9. The lowest BCUT2D eigenvalue weighted by Gasteiger charge is -2.19. The van der Waals surface area contributed by atoms with E-state index < -0.39 is 0 Å². The summed E-state index contributed by atoms with van der Waals surface area (Å²) in [5.74, 6) is 1.20. The summed E-state index contributed by atoms with van der Waals surface area (Å²) in [5, 5.41) is 13.7. The van der Waals surface area contributed by atoms with Gasteiger partial charge < -0.3 is 14.3 Å². The van der Waals surface area contributed by atoms with E-state index >= 15 is 0 Å². The Kier molecular flexibility index (Phi) is 5.07. The Morgan fingerprint density at radius 3 is 2.33 bits per heavy atom. The van der Waals surface area contributed by atoms with Crippen molar-refractivity contribution in [1.29, 1.82) is 5.26 Å². The molecule has 1 aliphatic heterocycles. The number of benzene rings is 2. The molecule has 0 radical (unpaired) electrons. The number of aromatic nitrogens is 2.